The largest absolute Gasteiger partial charge is 0.389 e. The summed E-state index contributed by atoms with van der Waals surface area (Å²) in [6, 6.07) is 0. The monoisotopic (exact) mass is 182 g/mol. The van der Waals surface area contributed by atoms with Crippen LogP contribution in [-0.2, 0) is 0 Å². The molecule has 2 fully saturated rings. The van der Waals surface area contributed by atoms with E-state index >= 15 is 0 Å². The standard InChI is InChI=1S/C12H22O/c1-8(2)5-9-6-12(9,13)10-7-11(10,3)4/h8-10,13H,5-7H2,1-4H3. The Labute approximate surface area is 81.5 Å². The lowest BCUT2D eigenvalue weighted by Gasteiger charge is -2.13. The summed E-state index contributed by atoms with van der Waals surface area (Å²) in [5.41, 5.74) is 0.175. The Hall–Kier alpha value is -0.0400. The normalized spacial score (nSPS) is 46.6. The second-order valence-corrected chi connectivity index (χ2v) is 6.27. The second kappa shape index (κ2) is 2.50. The van der Waals surface area contributed by atoms with Crippen LogP contribution in [0.4, 0.5) is 0 Å². The summed E-state index contributed by atoms with van der Waals surface area (Å²) in [4.78, 5) is 0. The van der Waals surface area contributed by atoms with Gasteiger partial charge in [-0.15, -0.1) is 0 Å². The molecule has 13 heavy (non-hydrogen) atoms. The van der Waals surface area contributed by atoms with Crippen LogP contribution in [-0.4, -0.2) is 10.7 Å². The molecule has 1 N–H and O–H groups in total. The molecule has 0 bridgehead atoms. The number of aliphatic hydroxyl groups is 1. The van der Waals surface area contributed by atoms with Crippen LogP contribution in [0, 0.1) is 23.2 Å². The van der Waals surface area contributed by atoms with E-state index in [2.05, 4.69) is 27.7 Å². The van der Waals surface area contributed by atoms with Crippen LogP contribution in [0.25, 0.3) is 0 Å². The molecule has 0 spiro atoms. The van der Waals surface area contributed by atoms with Crippen molar-refractivity contribution in [3.05, 3.63) is 0 Å². The Bertz CT molecular complexity index is 219. The summed E-state index contributed by atoms with van der Waals surface area (Å²) in [6.07, 6.45) is 3.51. The Morgan fingerprint density at radius 2 is 1.85 bits per heavy atom. The second-order valence-electron chi connectivity index (χ2n) is 6.27. The third-order valence-electron chi connectivity index (χ3n) is 3.99. The maximum atomic E-state index is 10.3. The summed E-state index contributed by atoms with van der Waals surface area (Å²) < 4.78 is 0. The molecule has 2 rings (SSSR count). The van der Waals surface area contributed by atoms with Gasteiger partial charge in [0.25, 0.3) is 0 Å². The third-order valence-corrected chi connectivity index (χ3v) is 3.99. The van der Waals surface area contributed by atoms with Crippen molar-refractivity contribution in [1.82, 2.24) is 0 Å². The molecule has 1 nitrogen and oxygen atoms in total. The highest BCUT2D eigenvalue weighted by Gasteiger charge is 2.67. The van der Waals surface area contributed by atoms with Gasteiger partial charge in [-0.25, -0.2) is 0 Å². The van der Waals surface area contributed by atoms with Gasteiger partial charge in [-0.3, -0.25) is 0 Å². The zero-order chi connectivity index (χ0) is 9.85. The quantitative estimate of drug-likeness (QED) is 0.711. The minimum absolute atomic E-state index is 0.256. The third kappa shape index (κ3) is 1.52. The maximum absolute atomic E-state index is 10.3. The molecule has 0 aliphatic heterocycles. The van der Waals surface area contributed by atoms with E-state index in [1.54, 1.807) is 0 Å². The minimum atomic E-state index is -0.256. The SMILES string of the molecule is CC(C)CC1CC1(O)C1CC1(C)C. The van der Waals surface area contributed by atoms with E-state index in [4.69, 9.17) is 0 Å². The van der Waals surface area contributed by atoms with E-state index < -0.39 is 0 Å². The van der Waals surface area contributed by atoms with Gasteiger partial charge in [-0.2, -0.15) is 0 Å². The molecule has 2 saturated carbocycles. The first kappa shape index (κ1) is 9.51. The highest BCUT2D eigenvalue weighted by atomic mass is 16.3. The van der Waals surface area contributed by atoms with Gasteiger partial charge in [0.2, 0.25) is 0 Å². The zero-order valence-electron chi connectivity index (χ0n) is 9.30. The van der Waals surface area contributed by atoms with Gasteiger partial charge in [-0.1, -0.05) is 27.7 Å². The first-order chi connectivity index (χ1) is 5.86. The van der Waals surface area contributed by atoms with Crippen molar-refractivity contribution in [3.8, 4) is 0 Å². The molecule has 2 aliphatic rings. The van der Waals surface area contributed by atoms with Crippen LogP contribution in [0.2, 0.25) is 0 Å². The van der Waals surface area contributed by atoms with Gasteiger partial charge >= 0.3 is 0 Å². The Morgan fingerprint density at radius 3 is 2.23 bits per heavy atom. The van der Waals surface area contributed by atoms with Gasteiger partial charge in [0, 0.05) is 0 Å². The average Bonchev–Trinajstić information content (AvgIpc) is 2.74. The Morgan fingerprint density at radius 1 is 1.31 bits per heavy atom. The molecule has 0 radical (unpaired) electrons. The van der Waals surface area contributed by atoms with Crippen molar-refractivity contribution in [3.63, 3.8) is 0 Å². The summed E-state index contributed by atoms with van der Waals surface area (Å²) in [5, 5.41) is 10.3. The number of rotatable bonds is 3. The molecule has 2 aliphatic carbocycles. The van der Waals surface area contributed by atoms with Crippen molar-refractivity contribution >= 4 is 0 Å². The molecule has 0 saturated heterocycles. The summed E-state index contributed by atoms with van der Waals surface area (Å²) in [5.74, 6) is 1.95. The maximum Gasteiger partial charge on any atom is 0.0714 e. The average molecular weight is 182 g/mol. The first-order valence-corrected chi connectivity index (χ1v) is 5.58. The number of hydrogen-bond acceptors (Lipinski definition) is 1. The fourth-order valence-corrected chi connectivity index (χ4v) is 2.94. The number of hydrogen-bond donors (Lipinski definition) is 1. The van der Waals surface area contributed by atoms with E-state index in [0.29, 0.717) is 17.3 Å². The Kier molecular flexibility index (Phi) is 1.83. The van der Waals surface area contributed by atoms with Crippen LogP contribution < -0.4 is 0 Å². The lowest BCUT2D eigenvalue weighted by atomic mass is 9.98. The predicted octanol–water partition coefficient (Wildman–Crippen LogP) is 2.83. The molecule has 0 aromatic carbocycles. The molecule has 0 aromatic rings. The van der Waals surface area contributed by atoms with Gasteiger partial charge in [0.1, 0.15) is 0 Å². The molecular formula is C12H22O. The van der Waals surface area contributed by atoms with Gasteiger partial charge < -0.3 is 5.11 Å². The van der Waals surface area contributed by atoms with Gasteiger partial charge in [0.05, 0.1) is 5.60 Å². The smallest absolute Gasteiger partial charge is 0.0714 e. The molecule has 0 heterocycles. The van der Waals surface area contributed by atoms with Crippen LogP contribution in [0.1, 0.15) is 47.0 Å². The van der Waals surface area contributed by atoms with Crippen LogP contribution in [0.15, 0.2) is 0 Å². The van der Waals surface area contributed by atoms with E-state index in [-0.39, 0.29) is 5.60 Å². The summed E-state index contributed by atoms with van der Waals surface area (Å²) >= 11 is 0. The molecule has 1 heteroatoms. The lowest BCUT2D eigenvalue weighted by molar-refractivity contribution is 0.0891. The minimum Gasteiger partial charge on any atom is -0.389 e. The molecular weight excluding hydrogens is 160 g/mol. The van der Waals surface area contributed by atoms with E-state index in [9.17, 15) is 5.11 Å². The topological polar surface area (TPSA) is 20.2 Å². The molecule has 0 amide bonds. The molecule has 0 aromatic heterocycles. The van der Waals surface area contributed by atoms with E-state index in [0.717, 1.165) is 12.3 Å². The van der Waals surface area contributed by atoms with Gasteiger partial charge in [-0.05, 0) is 42.4 Å². The van der Waals surface area contributed by atoms with Crippen LogP contribution in [0.5, 0.6) is 0 Å². The van der Waals surface area contributed by atoms with E-state index in [1.807, 2.05) is 0 Å². The summed E-state index contributed by atoms with van der Waals surface area (Å²) in [6.45, 7) is 9.05. The molecule has 3 atom stereocenters. The lowest BCUT2D eigenvalue weighted by Crippen LogP contribution is -2.18. The fourth-order valence-electron chi connectivity index (χ4n) is 2.94. The summed E-state index contributed by atoms with van der Waals surface area (Å²) in [7, 11) is 0. The van der Waals surface area contributed by atoms with Crippen LogP contribution >= 0.6 is 0 Å². The molecule has 3 unspecified atom stereocenters. The van der Waals surface area contributed by atoms with Crippen LogP contribution in [0.3, 0.4) is 0 Å². The van der Waals surface area contributed by atoms with Crippen molar-refractivity contribution in [2.45, 2.75) is 52.6 Å². The van der Waals surface area contributed by atoms with Crippen molar-refractivity contribution in [2.24, 2.45) is 23.2 Å². The highest BCUT2D eigenvalue weighted by molar-refractivity contribution is 5.18. The van der Waals surface area contributed by atoms with Gasteiger partial charge in [0.15, 0.2) is 0 Å². The molecule has 76 valence electrons. The predicted molar refractivity (Wildman–Crippen MR) is 54.4 cm³/mol. The zero-order valence-corrected chi connectivity index (χ0v) is 9.30. The van der Waals surface area contributed by atoms with Crippen molar-refractivity contribution in [2.75, 3.05) is 0 Å². The van der Waals surface area contributed by atoms with Crippen molar-refractivity contribution in [1.29, 1.82) is 0 Å². The van der Waals surface area contributed by atoms with Crippen molar-refractivity contribution < 1.29 is 5.11 Å². The van der Waals surface area contributed by atoms with E-state index in [1.165, 1.54) is 12.8 Å². The Balaban J connectivity index is 1.89. The fraction of sp³-hybridized carbons (Fsp3) is 1.00. The first-order valence-electron chi connectivity index (χ1n) is 5.58. The highest BCUT2D eigenvalue weighted by Crippen LogP contribution is 2.68.